The minimum atomic E-state index is 0.530. The molecule has 0 bridgehead atoms. The molecule has 0 aliphatic carbocycles. The second-order valence-electron chi connectivity index (χ2n) is 4.75. The summed E-state index contributed by atoms with van der Waals surface area (Å²) in [5, 5.41) is 0. The first-order valence-corrected chi connectivity index (χ1v) is 8.06. The Morgan fingerprint density at radius 3 is 2.10 bits per heavy atom. The van der Waals surface area contributed by atoms with Gasteiger partial charge in [0.15, 0.2) is 0 Å². The van der Waals surface area contributed by atoms with Crippen molar-refractivity contribution in [3.8, 4) is 5.75 Å². The number of hydrogen-bond acceptors (Lipinski definition) is 4. The van der Waals surface area contributed by atoms with Crippen LogP contribution in [-0.4, -0.2) is 38.9 Å². The average molecular weight is 316 g/mol. The molecule has 0 spiro atoms. The van der Waals surface area contributed by atoms with Gasteiger partial charge in [0.05, 0.1) is 19.8 Å². The maximum Gasteiger partial charge on any atom is 0.119 e. The van der Waals surface area contributed by atoms with E-state index in [1.165, 1.54) is 12.8 Å². The summed E-state index contributed by atoms with van der Waals surface area (Å²) in [7, 11) is 0. The number of alkyl halides is 1. The van der Waals surface area contributed by atoms with E-state index in [1.807, 2.05) is 24.3 Å². The lowest BCUT2D eigenvalue weighted by atomic mass is 10.2. The monoisotopic (exact) mass is 315 g/mol. The van der Waals surface area contributed by atoms with Gasteiger partial charge in [-0.05, 0) is 37.1 Å². The highest BCUT2D eigenvalue weighted by molar-refractivity contribution is 6.17. The minimum Gasteiger partial charge on any atom is -0.491 e. The molecule has 0 amide bonds. The van der Waals surface area contributed by atoms with Gasteiger partial charge in [-0.25, -0.2) is 0 Å². The molecule has 0 saturated carbocycles. The maximum atomic E-state index is 5.61. The summed E-state index contributed by atoms with van der Waals surface area (Å²) in [6, 6.07) is 7.33. The summed E-state index contributed by atoms with van der Waals surface area (Å²) < 4.78 is 16.4. The Hall–Kier alpha value is -0.970. The molecule has 21 heavy (non-hydrogen) atoms. The van der Waals surface area contributed by atoms with Crippen LogP contribution in [0.25, 0.3) is 0 Å². The summed E-state index contributed by atoms with van der Waals surface area (Å²) in [4.78, 5) is 0. The Morgan fingerprint density at radius 2 is 1.38 bits per heavy atom. The molecule has 1 rings (SSSR count). The molecule has 0 aromatic heterocycles. The molecule has 4 nitrogen and oxygen atoms in total. The molecule has 0 saturated heterocycles. The van der Waals surface area contributed by atoms with Crippen LogP contribution in [0.2, 0.25) is 0 Å². The van der Waals surface area contributed by atoms with Crippen molar-refractivity contribution in [1.29, 1.82) is 0 Å². The van der Waals surface area contributed by atoms with Crippen LogP contribution in [0.4, 0.5) is 5.69 Å². The predicted molar refractivity (Wildman–Crippen MR) is 87.2 cm³/mol. The number of anilines is 1. The first-order valence-electron chi connectivity index (χ1n) is 7.52. The van der Waals surface area contributed by atoms with E-state index in [0.717, 1.165) is 36.8 Å². The van der Waals surface area contributed by atoms with Crippen molar-refractivity contribution in [2.45, 2.75) is 25.7 Å². The van der Waals surface area contributed by atoms with Crippen LogP contribution in [-0.2, 0) is 9.47 Å². The molecule has 0 aliphatic rings. The number of unbranched alkanes of at least 4 members (excludes halogenated alkanes) is 3. The van der Waals surface area contributed by atoms with Gasteiger partial charge in [-0.3, -0.25) is 0 Å². The van der Waals surface area contributed by atoms with E-state index in [-0.39, 0.29) is 0 Å². The largest absolute Gasteiger partial charge is 0.491 e. The van der Waals surface area contributed by atoms with Crippen LogP contribution >= 0.6 is 11.6 Å². The number of hydrogen-bond donors (Lipinski definition) is 1. The maximum absolute atomic E-state index is 5.61. The molecule has 0 heterocycles. The molecular formula is C16H26ClNO3. The van der Waals surface area contributed by atoms with Crippen LogP contribution < -0.4 is 10.5 Å². The van der Waals surface area contributed by atoms with E-state index in [4.69, 9.17) is 31.5 Å². The van der Waals surface area contributed by atoms with Gasteiger partial charge >= 0.3 is 0 Å². The van der Waals surface area contributed by atoms with Crippen molar-refractivity contribution in [3.63, 3.8) is 0 Å². The van der Waals surface area contributed by atoms with E-state index in [2.05, 4.69) is 0 Å². The van der Waals surface area contributed by atoms with Gasteiger partial charge in [0, 0.05) is 18.2 Å². The van der Waals surface area contributed by atoms with Gasteiger partial charge < -0.3 is 19.9 Å². The lowest BCUT2D eigenvalue weighted by molar-refractivity contribution is 0.0352. The highest BCUT2D eigenvalue weighted by Crippen LogP contribution is 2.12. The number of nitrogens with two attached hydrogens (primary N) is 1. The Bertz CT molecular complexity index is 346. The van der Waals surface area contributed by atoms with E-state index in [0.29, 0.717) is 26.4 Å². The second kappa shape index (κ2) is 12.7. The summed E-state index contributed by atoms with van der Waals surface area (Å²) in [6.45, 7) is 3.13. The number of halogens is 1. The predicted octanol–water partition coefficient (Wildman–Crippen LogP) is 3.48. The molecule has 0 radical (unpaired) electrons. The SMILES string of the molecule is Nc1ccc(OCCOCCOCCCCCCCl)cc1. The second-order valence-corrected chi connectivity index (χ2v) is 5.12. The smallest absolute Gasteiger partial charge is 0.119 e. The Labute approximate surface area is 132 Å². The van der Waals surface area contributed by atoms with Crippen molar-refractivity contribution in [2.24, 2.45) is 0 Å². The molecule has 0 atom stereocenters. The first kappa shape index (κ1) is 18.1. The molecule has 5 heteroatoms. The van der Waals surface area contributed by atoms with E-state index >= 15 is 0 Å². The number of benzene rings is 1. The quantitative estimate of drug-likeness (QED) is 0.344. The third kappa shape index (κ3) is 10.4. The number of ether oxygens (including phenoxy) is 3. The van der Waals surface area contributed by atoms with Crippen LogP contribution in [0.15, 0.2) is 24.3 Å². The van der Waals surface area contributed by atoms with Crippen molar-refractivity contribution < 1.29 is 14.2 Å². The van der Waals surface area contributed by atoms with Crippen LogP contribution in [0.3, 0.4) is 0 Å². The van der Waals surface area contributed by atoms with Gasteiger partial charge in [-0.2, -0.15) is 0 Å². The molecule has 0 aliphatic heterocycles. The van der Waals surface area contributed by atoms with Crippen molar-refractivity contribution in [2.75, 3.05) is 44.6 Å². The topological polar surface area (TPSA) is 53.7 Å². The van der Waals surface area contributed by atoms with Gasteiger partial charge in [0.25, 0.3) is 0 Å². The van der Waals surface area contributed by atoms with E-state index in [9.17, 15) is 0 Å². The van der Waals surface area contributed by atoms with Crippen molar-refractivity contribution >= 4 is 17.3 Å². The van der Waals surface area contributed by atoms with Crippen molar-refractivity contribution in [3.05, 3.63) is 24.3 Å². The molecule has 1 aromatic carbocycles. The third-order valence-electron chi connectivity index (χ3n) is 2.92. The summed E-state index contributed by atoms with van der Waals surface area (Å²) in [5.41, 5.74) is 6.33. The molecule has 2 N–H and O–H groups in total. The summed E-state index contributed by atoms with van der Waals surface area (Å²) in [6.07, 6.45) is 4.56. The van der Waals surface area contributed by atoms with Crippen molar-refractivity contribution in [1.82, 2.24) is 0 Å². The average Bonchev–Trinajstić information content (AvgIpc) is 2.50. The first-order chi connectivity index (χ1) is 10.3. The molecule has 1 aromatic rings. The fraction of sp³-hybridized carbons (Fsp3) is 0.625. The highest BCUT2D eigenvalue weighted by Gasteiger charge is 1.95. The number of rotatable bonds is 13. The fourth-order valence-electron chi connectivity index (χ4n) is 1.76. The molecule has 0 unspecified atom stereocenters. The van der Waals surface area contributed by atoms with E-state index in [1.54, 1.807) is 0 Å². The summed E-state index contributed by atoms with van der Waals surface area (Å²) >= 11 is 5.61. The van der Waals surface area contributed by atoms with Gasteiger partial charge in [0.1, 0.15) is 12.4 Å². The van der Waals surface area contributed by atoms with Crippen LogP contribution in [0, 0.1) is 0 Å². The highest BCUT2D eigenvalue weighted by atomic mass is 35.5. The normalized spacial score (nSPS) is 10.7. The zero-order chi connectivity index (χ0) is 15.2. The minimum absolute atomic E-state index is 0.530. The lowest BCUT2D eigenvalue weighted by Crippen LogP contribution is -2.11. The molecular weight excluding hydrogens is 290 g/mol. The molecule has 0 fully saturated rings. The summed E-state index contributed by atoms with van der Waals surface area (Å²) in [5.74, 6) is 1.56. The third-order valence-corrected chi connectivity index (χ3v) is 3.19. The fourth-order valence-corrected chi connectivity index (χ4v) is 1.95. The van der Waals surface area contributed by atoms with Crippen LogP contribution in [0.5, 0.6) is 5.75 Å². The Morgan fingerprint density at radius 1 is 0.762 bits per heavy atom. The Kier molecular flexibility index (Phi) is 11.0. The van der Waals surface area contributed by atoms with Gasteiger partial charge in [-0.1, -0.05) is 12.8 Å². The van der Waals surface area contributed by atoms with Gasteiger partial charge in [-0.15, -0.1) is 11.6 Å². The van der Waals surface area contributed by atoms with Crippen LogP contribution in [0.1, 0.15) is 25.7 Å². The zero-order valence-corrected chi connectivity index (χ0v) is 13.3. The van der Waals surface area contributed by atoms with Gasteiger partial charge in [0.2, 0.25) is 0 Å². The standard InChI is InChI=1S/C16H26ClNO3/c17-9-3-1-2-4-10-19-11-12-20-13-14-21-16-7-5-15(18)6-8-16/h5-8H,1-4,9-14,18H2. The molecule has 120 valence electrons. The number of nitrogen functional groups attached to an aromatic ring is 1. The Balaban J connectivity index is 1.81. The lowest BCUT2D eigenvalue weighted by Gasteiger charge is -2.08. The van der Waals surface area contributed by atoms with E-state index < -0.39 is 0 Å². The zero-order valence-electron chi connectivity index (χ0n) is 12.6.